The molecule has 1 aliphatic heterocycles. The Morgan fingerprint density at radius 2 is 2.29 bits per heavy atom. The predicted octanol–water partition coefficient (Wildman–Crippen LogP) is -0.614. The van der Waals surface area contributed by atoms with Crippen LogP contribution in [0.3, 0.4) is 0 Å². The van der Waals surface area contributed by atoms with Crippen LogP contribution in [0.25, 0.3) is 0 Å². The first kappa shape index (κ1) is 11.9. The van der Waals surface area contributed by atoms with Gasteiger partial charge in [-0.05, 0) is 12.8 Å². The van der Waals surface area contributed by atoms with Crippen LogP contribution in [0.4, 0.5) is 0 Å². The van der Waals surface area contributed by atoms with E-state index < -0.39 is 10.0 Å². The summed E-state index contributed by atoms with van der Waals surface area (Å²) < 4.78 is 29.8. The van der Waals surface area contributed by atoms with Gasteiger partial charge in [0.05, 0.1) is 12.4 Å². The van der Waals surface area contributed by atoms with Gasteiger partial charge < -0.3 is 10.5 Å². The molecule has 0 bridgehead atoms. The Morgan fingerprint density at radius 1 is 1.57 bits per heavy atom. The average molecular weight is 222 g/mol. The number of methoxy groups -OCH3 is 1. The van der Waals surface area contributed by atoms with Gasteiger partial charge in [0.2, 0.25) is 10.0 Å². The zero-order chi connectivity index (χ0) is 10.6. The van der Waals surface area contributed by atoms with Gasteiger partial charge in [-0.15, -0.1) is 0 Å². The van der Waals surface area contributed by atoms with Crippen molar-refractivity contribution in [2.75, 3.05) is 32.6 Å². The van der Waals surface area contributed by atoms with E-state index in [9.17, 15) is 8.42 Å². The maximum absolute atomic E-state index is 11.8. The van der Waals surface area contributed by atoms with Crippen molar-refractivity contribution in [3.63, 3.8) is 0 Å². The summed E-state index contributed by atoms with van der Waals surface area (Å²) >= 11 is 0. The van der Waals surface area contributed by atoms with E-state index in [1.165, 1.54) is 11.4 Å². The Bertz CT molecular complexity index is 266. The van der Waals surface area contributed by atoms with Crippen molar-refractivity contribution >= 4 is 10.0 Å². The first-order valence-electron chi connectivity index (χ1n) is 4.80. The van der Waals surface area contributed by atoms with Crippen LogP contribution in [-0.2, 0) is 14.8 Å². The Hall–Kier alpha value is -0.170. The molecule has 6 heteroatoms. The summed E-state index contributed by atoms with van der Waals surface area (Å²) in [6, 6.07) is -0.00291. The highest BCUT2D eigenvalue weighted by Crippen LogP contribution is 2.20. The van der Waals surface area contributed by atoms with Crippen LogP contribution >= 0.6 is 0 Å². The van der Waals surface area contributed by atoms with Crippen molar-refractivity contribution in [2.45, 2.75) is 18.9 Å². The third kappa shape index (κ3) is 2.66. The second-order valence-electron chi connectivity index (χ2n) is 3.45. The van der Waals surface area contributed by atoms with Crippen LogP contribution in [0.15, 0.2) is 0 Å². The third-order valence-electron chi connectivity index (χ3n) is 2.50. The van der Waals surface area contributed by atoms with Crippen molar-refractivity contribution in [3.05, 3.63) is 0 Å². The lowest BCUT2D eigenvalue weighted by Crippen LogP contribution is -2.41. The van der Waals surface area contributed by atoms with Crippen LogP contribution in [0, 0.1) is 0 Å². The molecule has 1 unspecified atom stereocenters. The first-order chi connectivity index (χ1) is 6.61. The van der Waals surface area contributed by atoms with Gasteiger partial charge in [-0.2, -0.15) is 4.31 Å². The fourth-order valence-electron chi connectivity index (χ4n) is 1.72. The lowest BCUT2D eigenvalue weighted by atomic mass is 10.2. The van der Waals surface area contributed by atoms with Crippen molar-refractivity contribution in [1.82, 2.24) is 4.31 Å². The second-order valence-corrected chi connectivity index (χ2v) is 5.49. The predicted molar refractivity (Wildman–Crippen MR) is 54.4 cm³/mol. The molecule has 0 aromatic carbocycles. The molecule has 5 nitrogen and oxygen atoms in total. The first-order valence-corrected chi connectivity index (χ1v) is 6.41. The van der Waals surface area contributed by atoms with E-state index in [1.54, 1.807) is 0 Å². The normalized spacial score (nSPS) is 24.3. The average Bonchev–Trinajstić information content (AvgIpc) is 2.63. The molecule has 1 saturated heterocycles. The minimum absolute atomic E-state index is 0.00291. The number of nitrogens with two attached hydrogens (primary N) is 1. The molecule has 1 aliphatic rings. The van der Waals surface area contributed by atoms with E-state index in [4.69, 9.17) is 10.5 Å². The van der Waals surface area contributed by atoms with Crippen molar-refractivity contribution in [2.24, 2.45) is 5.73 Å². The van der Waals surface area contributed by atoms with E-state index in [0.29, 0.717) is 13.1 Å². The van der Waals surface area contributed by atoms with Gasteiger partial charge in [-0.3, -0.25) is 0 Å². The number of hydrogen-bond donors (Lipinski definition) is 1. The molecule has 1 fully saturated rings. The highest BCUT2D eigenvalue weighted by molar-refractivity contribution is 7.89. The van der Waals surface area contributed by atoms with Crippen LogP contribution in [-0.4, -0.2) is 51.3 Å². The van der Waals surface area contributed by atoms with E-state index in [0.717, 1.165) is 12.8 Å². The third-order valence-corrected chi connectivity index (χ3v) is 4.38. The molecule has 0 saturated carbocycles. The molecule has 0 aromatic rings. The Morgan fingerprint density at radius 3 is 2.86 bits per heavy atom. The van der Waals surface area contributed by atoms with Gasteiger partial charge in [0, 0.05) is 26.2 Å². The van der Waals surface area contributed by atoms with E-state index in [-0.39, 0.29) is 18.4 Å². The van der Waals surface area contributed by atoms with Crippen LogP contribution in [0.2, 0.25) is 0 Å². The number of nitrogens with zero attached hydrogens (tertiary/aromatic N) is 1. The maximum atomic E-state index is 11.8. The highest BCUT2D eigenvalue weighted by atomic mass is 32.2. The van der Waals surface area contributed by atoms with Gasteiger partial charge in [0.25, 0.3) is 0 Å². The standard InChI is InChI=1S/C8H18N2O3S/c1-13-5-6-14(11,12)10-4-2-3-8(10)7-9/h8H,2-7,9H2,1H3. The molecule has 2 N–H and O–H groups in total. The van der Waals surface area contributed by atoms with Gasteiger partial charge in [-0.1, -0.05) is 0 Å². The Labute approximate surface area is 85.3 Å². The number of sulfonamides is 1. The van der Waals surface area contributed by atoms with Crippen LogP contribution in [0.5, 0.6) is 0 Å². The highest BCUT2D eigenvalue weighted by Gasteiger charge is 2.32. The summed E-state index contributed by atoms with van der Waals surface area (Å²) in [6.07, 6.45) is 1.79. The van der Waals surface area contributed by atoms with E-state index in [2.05, 4.69) is 0 Å². The zero-order valence-corrected chi connectivity index (χ0v) is 9.29. The number of hydrogen-bond acceptors (Lipinski definition) is 4. The molecule has 1 atom stereocenters. The quantitative estimate of drug-likeness (QED) is 0.673. The topological polar surface area (TPSA) is 72.6 Å². The lowest BCUT2D eigenvalue weighted by Gasteiger charge is -2.22. The summed E-state index contributed by atoms with van der Waals surface area (Å²) in [5.41, 5.74) is 5.51. The van der Waals surface area contributed by atoms with Crippen LogP contribution in [0.1, 0.15) is 12.8 Å². The smallest absolute Gasteiger partial charge is 0.216 e. The van der Waals surface area contributed by atoms with Gasteiger partial charge in [0.15, 0.2) is 0 Å². The second kappa shape index (κ2) is 5.06. The monoisotopic (exact) mass is 222 g/mol. The SMILES string of the molecule is COCCS(=O)(=O)N1CCCC1CN. The van der Waals surface area contributed by atoms with E-state index >= 15 is 0 Å². The van der Waals surface area contributed by atoms with Gasteiger partial charge in [0.1, 0.15) is 0 Å². The van der Waals surface area contributed by atoms with Crippen molar-refractivity contribution in [1.29, 1.82) is 0 Å². The Balaban J connectivity index is 2.61. The Kier molecular flexibility index (Phi) is 4.31. The fraction of sp³-hybridized carbons (Fsp3) is 1.00. The molecule has 84 valence electrons. The minimum atomic E-state index is -3.16. The molecular weight excluding hydrogens is 204 g/mol. The lowest BCUT2D eigenvalue weighted by molar-refractivity contribution is 0.215. The minimum Gasteiger partial charge on any atom is -0.384 e. The van der Waals surface area contributed by atoms with E-state index in [1.807, 2.05) is 0 Å². The van der Waals surface area contributed by atoms with Gasteiger partial charge in [-0.25, -0.2) is 8.42 Å². The molecule has 1 heterocycles. The largest absolute Gasteiger partial charge is 0.384 e. The molecule has 0 radical (unpaired) electrons. The van der Waals surface area contributed by atoms with Crippen molar-refractivity contribution in [3.8, 4) is 0 Å². The zero-order valence-electron chi connectivity index (χ0n) is 8.48. The fourth-order valence-corrected chi connectivity index (χ4v) is 3.38. The maximum Gasteiger partial charge on any atom is 0.216 e. The summed E-state index contributed by atoms with van der Waals surface area (Å²) in [7, 11) is -1.66. The van der Waals surface area contributed by atoms with Gasteiger partial charge >= 0.3 is 0 Å². The summed E-state index contributed by atoms with van der Waals surface area (Å²) in [5.74, 6) is 0.0556. The summed E-state index contributed by atoms with van der Waals surface area (Å²) in [4.78, 5) is 0. The molecule has 0 aliphatic carbocycles. The summed E-state index contributed by atoms with van der Waals surface area (Å²) in [5, 5.41) is 0. The molecular formula is C8H18N2O3S. The van der Waals surface area contributed by atoms with Crippen molar-refractivity contribution < 1.29 is 13.2 Å². The number of rotatable bonds is 5. The molecule has 14 heavy (non-hydrogen) atoms. The molecule has 1 rings (SSSR count). The molecule has 0 aromatic heterocycles. The number of ether oxygens (including phenoxy) is 1. The molecule has 0 amide bonds. The molecule has 0 spiro atoms. The van der Waals surface area contributed by atoms with Crippen LogP contribution < -0.4 is 5.73 Å². The summed E-state index contributed by atoms with van der Waals surface area (Å²) in [6.45, 7) is 1.26.